The van der Waals surface area contributed by atoms with E-state index in [1.807, 2.05) is 25.1 Å². The molecular weight excluding hydrogens is 213 g/mol. The van der Waals surface area contributed by atoms with E-state index in [0.717, 1.165) is 15.7 Å². The van der Waals surface area contributed by atoms with Gasteiger partial charge in [0.1, 0.15) is 0 Å². The second-order valence-corrected chi connectivity index (χ2v) is 2.92. The SMILES string of the molecule is Cc1cc(Br)ccc1N.Cl. The lowest BCUT2D eigenvalue weighted by Crippen LogP contribution is -1.87. The zero-order chi connectivity index (χ0) is 6.85. The summed E-state index contributed by atoms with van der Waals surface area (Å²) in [5.74, 6) is 0. The minimum atomic E-state index is 0. The van der Waals surface area contributed by atoms with Gasteiger partial charge in [-0.05, 0) is 30.7 Å². The Hall–Kier alpha value is -0.210. The third-order valence-electron chi connectivity index (χ3n) is 1.23. The Kier molecular flexibility index (Phi) is 3.76. The van der Waals surface area contributed by atoms with Crippen LogP contribution >= 0.6 is 28.3 Å². The molecule has 0 atom stereocenters. The van der Waals surface area contributed by atoms with E-state index in [1.54, 1.807) is 0 Å². The van der Waals surface area contributed by atoms with Gasteiger partial charge in [-0.25, -0.2) is 0 Å². The molecule has 1 rings (SSSR count). The molecule has 1 aromatic carbocycles. The highest BCUT2D eigenvalue weighted by atomic mass is 79.9. The molecule has 0 heterocycles. The number of anilines is 1. The van der Waals surface area contributed by atoms with Crippen molar-refractivity contribution in [2.24, 2.45) is 0 Å². The largest absolute Gasteiger partial charge is 0.399 e. The molecule has 2 N–H and O–H groups in total. The molecule has 10 heavy (non-hydrogen) atoms. The number of benzene rings is 1. The molecule has 1 nitrogen and oxygen atoms in total. The van der Waals surface area contributed by atoms with Crippen LogP contribution in [0.2, 0.25) is 0 Å². The van der Waals surface area contributed by atoms with Crippen molar-refractivity contribution in [2.75, 3.05) is 5.73 Å². The quantitative estimate of drug-likeness (QED) is 0.671. The van der Waals surface area contributed by atoms with Crippen molar-refractivity contribution in [3.8, 4) is 0 Å². The number of rotatable bonds is 0. The number of hydrogen-bond acceptors (Lipinski definition) is 1. The van der Waals surface area contributed by atoms with Crippen LogP contribution in [0.25, 0.3) is 0 Å². The van der Waals surface area contributed by atoms with E-state index in [1.165, 1.54) is 0 Å². The zero-order valence-corrected chi connectivity index (χ0v) is 8.00. The number of nitrogens with two attached hydrogens (primary N) is 1. The maximum atomic E-state index is 5.57. The van der Waals surface area contributed by atoms with Crippen molar-refractivity contribution in [3.63, 3.8) is 0 Å². The molecule has 0 aliphatic heterocycles. The molecular formula is C7H9BrClN. The van der Waals surface area contributed by atoms with Crippen molar-refractivity contribution in [3.05, 3.63) is 28.2 Å². The predicted molar refractivity (Wildman–Crippen MR) is 50.5 cm³/mol. The maximum Gasteiger partial charge on any atom is 0.0344 e. The van der Waals surface area contributed by atoms with E-state index in [4.69, 9.17) is 5.73 Å². The van der Waals surface area contributed by atoms with Gasteiger partial charge in [0.15, 0.2) is 0 Å². The van der Waals surface area contributed by atoms with Crippen molar-refractivity contribution in [1.29, 1.82) is 0 Å². The van der Waals surface area contributed by atoms with Crippen molar-refractivity contribution < 1.29 is 0 Å². The molecule has 0 spiro atoms. The minimum absolute atomic E-state index is 0. The molecule has 0 fully saturated rings. The summed E-state index contributed by atoms with van der Waals surface area (Å²) < 4.78 is 1.08. The van der Waals surface area contributed by atoms with Gasteiger partial charge in [-0.1, -0.05) is 15.9 Å². The molecule has 0 bridgehead atoms. The molecule has 0 saturated heterocycles. The Labute approximate surface area is 75.2 Å². The van der Waals surface area contributed by atoms with Crippen LogP contribution in [0.3, 0.4) is 0 Å². The van der Waals surface area contributed by atoms with Crippen molar-refractivity contribution in [2.45, 2.75) is 6.92 Å². The molecule has 0 aliphatic rings. The number of halogens is 2. The minimum Gasteiger partial charge on any atom is -0.399 e. The van der Waals surface area contributed by atoms with Crippen LogP contribution in [0, 0.1) is 6.92 Å². The normalized spacial score (nSPS) is 8.60. The first-order valence-electron chi connectivity index (χ1n) is 2.72. The molecule has 0 amide bonds. The number of aryl methyl sites for hydroxylation is 1. The van der Waals surface area contributed by atoms with Gasteiger partial charge < -0.3 is 5.73 Å². The zero-order valence-electron chi connectivity index (χ0n) is 5.60. The highest BCUT2D eigenvalue weighted by Crippen LogP contribution is 2.16. The lowest BCUT2D eigenvalue weighted by molar-refractivity contribution is 1.45. The van der Waals surface area contributed by atoms with Gasteiger partial charge in [-0.3, -0.25) is 0 Å². The average molecular weight is 223 g/mol. The monoisotopic (exact) mass is 221 g/mol. The van der Waals surface area contributed by atoms with Crippen LogP contribution in [0.1, 0.15) is 5.56 Å². The van der Waals surface area contributed by atoms with E-state index in [-0.39, 0.29) is 12.4 Å². The molecule has 0 unspecified atom stereocenters. The highest BCUT2D eigenvalue weighted by molar-refractivity contribution is 9.10. The second-order valence-electron chi connectivity index (χ2n) is 2.00. The standard InChI is InChI=1S/C7H8BrN.ClH/c1-5-4-6(8)2-3-7(5)9;/h2-4H,9H2,1H3;1H. The van der Waals surface area contributed by atoms with Crippen LogP contribution in [0.4, 0.5) is 5.69 Å². The third-order valence-corrected chi connectivity index (χ3v) is 1.73. The average Bonchev–Trinajstić information content (AvgIpc) is 1.80. The molecule has 0 aromatic heterocycles. The van der Waals surface area contributed by atoms with Crippen LogP contribution in [0.15, 0.2) is 22.7 Å². The molecule has 1 aromatic rings. The fraction of sp³-hybridized carbons (Fsp3) is 0.143. The van der Waals surface area contributed by atoms with Gasteiger partial charge in [-0.2, -0.15) is 0 Å². The summed E-state index contributed by atoms with van der Waals surface area (Å²) in [6.07, 6.45) is 0. The predicted octanol–water partition coefficient (Wildman–Crippen LogP) is 2.76. The lowest BCUT2D eigenvalue weighted by atomic mass is 10.2. The highest BCUT2D eigenvalue weighted by Gasteiger charge is 1.90. The molecule has 56 valence electrons. The van der Waals surface area contributed by atoms with Gasteiger partial charge in [0.2, 0.25) is 0 Å². The van der Waals surface area contributed by atoms with E-state index in [0.29, 0.717) is 0 Å². The summed E-state index contributed by atoms with van der Waals surface area (Å²) in [5.41, 5.74) is 7.53. The Morgan fingerprint density at radius 1 is 1.40 bits per heavy atom. The van der Waals surface area contributed by atoms with E-state index in [2.05, 4.69) is 15.9 Å². The molecule has 0 radical (unpaired) electrons. The fourth-order valence-electron chi connectivity index (χ4n) is 0.639. The maximum absolute atomic E-state index is 5.57. The van der Waals surface area contributed by atoms with Crippen LogP contribution in [-0.2, 0) is 0 Å². The molecule has 0 saturated carbocycles. The first kappa shape index (κ1) is 9.79. The van der Waals surface area contributed by atoms with Crippen LogP contribution in [-0.4, -0.2) is 0 Å². The van der Waals surface area contributed by atoms with Crippen molar-refractivity contribution in [1.82, 2.24) is 0 Å². The molecule has 3 heteroatoms. The Morgan fingerprint density at radius 3 is 2.40 bits per heavy atom. The van der Waals surface area contributed by atoms with E-state index >= 15 is 0 Å². The summed E-state index contributed by atoms with van der Waals surface area (Å²) in [4.78, 5) is 0. The van der Waals surface area contributed by atoms with Gasteiger partial charge in [0, 0.05) is 10.2 Å². The van der Waals surface area contributed by atoms with E-state index in [9.17, 15) is 0 Å². The Morgan fingerprint density at radius 2 is 2.00 bits per heavy atom. The summed E-state index contributed by atoms with van der Waals surface area (Å²) in [6.45, 7) is 1.99. The summed E-state index contributed by atoms with van der Waals surface area (Å²) >= 11 is 3.34. The second kappa shape index (κ2) is 3.84. The van der Waals surface area contributed by atoms with Crippen LogP contribution in [0.5, 0.6) is 0 Å². The van der Waals surface area contributed by atoms with Gasteiger partial charge in [0.05, 0.1) is 0 Å². The fourth-order valence-corrected chi connectivity index (χ4v) is 1.11. The third kappa shape index (κ3) is 2.20. The summed E-state index contributed by atoms with van der Waals surface area (Å²) in [5, 5.41) is 0. The first-order valence-corrected chi connectivity index (χ1v) is 3.51. The Balaban J connectivity index is 0.000000810. The van der Waals surface area contributed by atoms with Gasteiger partial charge in [-0.15, -0.1) is 12.4 Å². The summed E-state index contributed by atoms with van der Waals surface area (Å²) in [7, 11) is 0. The topological polar surface area (TPSA) is 26.0 Å². The summed E-state index contributed by atoms with van der Waals surface area (Å²) in [6, 6.07) is 5.82. The first-order chi connectivity index (χ1) is 4.20. The van der Waals surface area contributed by atoms with Gasteiger partial charge in [0.25, 0.3) is 0 Å². The van der Waals surface area contributed by atoms with Crippen LogP contribution < -0.4 is 5.73 Å². The number of hydrogen-bond donors (Lipinski definition) is 1. The Bertz CT molecular complexity index is 225. The smallest absolute Gasteiger partial charge is 0.0344 e. The lowest BCUT2D eigenvalue weighted by Gasteiger charge is -1.97. The molecule has 0 aliphatic carbocycles. The van der Waals surface area contributed by atoms with Crippen molar-refractivity contribution >= 4 is 34.0 Å². The van der Waals surface area contributed by atoms with E-state index < -0.39 is 0 Å². The van der Waals surface area contributed by atoms with Gasteiger partial charge >= 0.3 is 0 Å². The number of nitrogen functional groups attached to an aromatic ring is 1.